The first-order chi connectivity index (χ1) is 4.84. The molecule has 1 aliphatic rings. The Morgan fingerprint density at radius 1 is 1.60 bits per heavy atom. The summed E-state index contributed by atoms with van der Waals surface area (Å²) in [5.74, 6) is 0.509. The van der Waals surface area contributed by atoms with Crippen LogP contribution in [0.15, 0.2) is 12.2 Å². The van der Waals surface area contributed by atoms with Crippen molar-refractivity contribution in [3.8, 4) is 0 Å². The molecule has 10 heavy (non-hydrogen) atoms. The highest BCUT2D eigenvalue weighted by Gasteiger charge is 2.16. The fourth-order valence-corrected chi connectivity index (χ4v) is 1.35. The number of rotatable bonds is 2. The number of hydrogen-bond donors (Lipinski definition) is 2. The fraction of sp³-hybridized carbons (Fsp3) is 0.750. The molecule has 0 saturated heterocycles. The van der Waals surface area contributed by atoms with Crippen molar-refractivity contribution in [2.45, 2.75) is 25.3 Å². The van der Waals surface area contributed by atoms with E-state index in [1.807, 2.05) is 0 Å². The molecule has 0 heterocycles. The Morgan fingerprint density at radius 2 is 2.40 bits per heavy atom. The van der Waals surface area contributed by atoms with Crippen LogP contribution in [0.2, 0.25) is 0 Å². The maximum Gasteiger partial charge on any atom is 0.0585 e. The predicted octanol–water partition coefficient (Wildman–Crippen LogP) is 0.662. The Kier molecular flexibility index (Phi) is 2.90. The molecule has 3 N–H and O–H groups in total. The lowest BCUT2D eigenvalue weighted by Gasteiger charge is -2.22. The second-order valence-electron chi connectivity index (χ2n) is 2.89. The molecule has 0 bridgehead atoms. The van der Waals surface area contributed by atoms with E-state index in [1.54, 1.807) is 0 Å². The van der Waals surface area contributed by atoms with Crippen LogP contribution >= 0.6 is 0 Å². The van der Waals surface area contributed by atoms with Gasteiger partial charge in [0.25, 0.3) is 0 Å². The van der Waals surface area contributed by atoms with E-state index in [0.717, 1.165) is 19.3 Å². The maximum atomic E-state index is 8.74. The summed E-state index contributed by atoms with van der Waals surface area (Å²) >= 11 is 0. The second kappa shape index (κ2) is 3.74. The van der Waals surface area contributed by atoms with E-state index in [4.69, 9.17) is 10.8 Å². The lowest BCUT2D eigenvalue weighted by molar-refractivity contribution is 0.219. The van der Waals surface area contributed by atoms with Crippen LogP contribution < -0.4 is 5.73 Å². The number of nitrogens with two attached hydrogens (primary N) is 1. The van der Waals surface area contributed by atoms with Crippen molar-refractivity contribution in [3.63, 3.8) is 0 Å². The molecule has 1 aliphatic carbocycles. The quantitative estimate of drug-likeness (QED) is 0.555. The van der Waals surface area contributed by atoms with Gasteiger partial charge in [-0.25, -0.2) is 0 Å². The van der Waals surface area contributed by atoms with Crippen molar-refractivity contribution < 1.29 is 5.11 Å². The highest BCUT2D eigenvalue weighted by Crippen LogP contribution is 2.19. The number of aliphatic hydroxyl groups excluding tert-OH is 1. The molecule has 2 nitrogen and oxygen atoms in total. The first kappa shape index (κ1) is 7.76. The Bertz CT molecular complexity index is 122. The van der Waals surface area contributed by atoms with Crippen LogP contribution in [0.1, 0.15) is 19.3 Å². The molecular formula is C8H15NO. The first-order valence-corrected chi connectivity index (χ1v) is 3.86. The van der Waals surface area contributed by atoms with E-state index in [-0.39, 0.29) is 12.6 Å². The van der Waals surface area contributed by atoms with Gasteiger partial charge >= 0.3 is 0 Å². The van der Waals surface area contributed by atoms with Gasteiger partial charge in [-0.15, -0.1) is 0 Å². The molecular weight excluding hydrogens is 126 g/mol. The highest BCUT2D eigenvalue weighted by molar-refractivity contribution is 4.92. The summed E-state index contributed by atoms with van der Waals surface area (Å²) in [6.07, 6.45) is 7.64. The summed E-state index contributed by atoms with van der Waals surface area (Å²) in [5, 5.41) is 8.74. The number of allylic oxidation sites excluding steroid dienone is 2. The third kappa shape index (κ3) is 1.82. The third-order valence-electron chi connectivity index (χ3n) is 2.13. The highest BCUT2D eigenvalue weighted by atomic mass is 16.3. The zero-order chi connectivity index (χ0) is 7.40. The van der Waals surface area contributed by atoms with E-state index >= 15 is 0 Å². The SMILES string of the molecule is NC(CO)C1CC=CCC1. The van der Waals surface area contributed by atoms with Crippen LogP contribution in [0.3, 0.4) is 0 Å². The van der Waals surface area contributed by atoms with Crippen LogP contribution in [0.5, 0.6) is 0 Å². The van der Waals surface area contributed by atoms with Crippen LogP contribution in [0.4, 0.5) is 0 Å². The summed E-state index contributed by atoms with van der Waals surface area (Å²) in [5.41, 5.74) is 5.66. The van der Waals surface area contributed by atoms with Crippen LogP contribution in [0.25, 0.3) is 0 Å². The fourth-order valence-electron chi connectivity index (χ4n) is 1.35. The largest absolute Gasteiger partial charge is 0.395 e. The van der Waals surface area contributed by atoms with Crippen molar-refractivity contribution in [1.29, 1.82) is 0 Å². The van der Waals surface area contributed by atoms with Crippen LogP contribution in [-0.2, 0) is 0 Å². The molecule has 0 aromatic rings. The molecule has 2 unspecified atom stereocenters. The van der Waals surface area contributed by atoms with Crippen molar-refractivity contribution in [3.05, 3.63) is 12.2 Å². The molecule has 0 amide bonds. The van der Waals surface area contributed by atoms with E-state index < -0.39 is 0 Å². The van der Waals surface area contributed by atoms with Gasteiger partial charge in [0.1, 0.15) is 0 Å². The van der Waals surface area contributed by atoms with Gasteiger partial charge in [0, 0.05) is 6.04 Å². The Hall–Kier alpha value is -0.340. The van der Waals surface area contributed by atoms with E-state index in [2.05, 4.69) is 12.2 Å². The third-order valence-corrected chi connectivity index (χ3v) is 2.13. The first-order valence-electron chi connectivity index (χ1n) is 3.86. The van der Waals surface area contributed by atoms with E-state index in [9.17, 15) is 0 Å². The van der Waals surface area contributed by atoms with Crippen LogP contribution in [-0.4, -0.2) is 17.8 Å². The predicted molar refractivity (Wildman–Crippen MR) is 41.5 cm³/mol. The van der Waals surface area contributed by atoms with Gasteiger partial charge in [0.15, 0.2) is 0 Å². The second-order valence-corrected chi connectivity index (χ2v) is 2.89. The molecule has 0 aromatic carbocycles. The average molecular weight is 141 g/mol. The maximum absolute atomic E-state index is 8.74. The van der Waals surface area contributed by atoms with E-state index in [1.165, 1.54) is 0 Å². The Balaban J connectivity index is 2.33. The monoisotopic (exact) mass is 141 g/mol. The van der Waals surface area contributed by atoms with Crippen LogP contribution in [0, 0.1) is 5.92 Å². The topological polar surface area (TPSA) is 46.2 Å². The molecule has 0 aromatic heterocycles. The molecule has 0 fully saturated rings. The summed E-state index contributed by atoms with van der Waals surface area (Å²) in [6.45, 7) is 0.124. The zero-order valence-electron chi connectivity index (χ0n) is 6.16. The zero-order valence-corrected chi connectivity index (χ0v) is 6.16. The summed E-state index contributed by atoms with van der Waals surface area (Å²) < 4.78 is 0. The van der Waals surface area contributed by atoms with Gasteiger partial charge in [-0.2, -0.15) is 0 Å². The molecule has 0 aliphatic heterocycles. The van der Waals surface area contributed by atoms with Gasteiger partial charge < -0.3 is 10.8 Å². The number of aliphatic hydroxyl groups is 1. The standard InChI is InChI=1S/C8H15NO/c9-8(6-10)7-4-2-1-3-5-7/h1-2,7-8,10H,3-6,9H2. The van der Waals surface area contributed by atoms with E-state index in [0.29, 0.717) is 5.92 Å². The average Bonchev–Trinajstić information content (AvgIpc) is 2.05. The van der Waals surface area contributed by atoms with Crippen molar-refractivity contribution >= 4 is 0 Å². The lowest BCUT2D eigenvalue weighted by Crippen LogP contribution is -2.33. The molecule has 0 radical (unpaired) electrons. The van der Waals surface area contributed by atoms with Gasteiger partial charge in [-0.1, -0.05) is 12.2 Å². The molecule has 58 valence electrons. The minimum Gasteiger partial charge on any atom is -0.395 e. The minimum atomic E-state index is -0.00931. The summed E-state index contributed by atoms with van der Waals surface area (Å²) in [6, 6.07) is -0.00931. The van der Waals surface area contributed by atoms with Crippen molar-refractivity contribution in [2.24, 2.45) is 11.7 Å². The smallest absolute Gasteiger partial charge is 0.0585 e. The Labute approximate surface area is 61.7 Å². The molecule has 1 rings (SSSR count). The Morgan fingerprint density at radius 3 is 2.90 bits per heavy atom. The van der Waals surface area contributed by atoms with Gasteiger partial charge in [-0.3, -0.25) is 0 Å². The molecule has 0 spiro atoms. The molecule has 0 saturated carbocycles. The summed E-state index contributed by atoms with van der Waals surface area (Å²) in [4.78, 5) is 0. The van der Waals surface area contributed by atoms with Gasteiger partial charge in [0.05, 0.1) is 6.61 Å². The van der Waals surface area contributed by atoms with Gasteiger partial charge in [-0.05, 0) is 25.2 Å². The van der Waals surface area contributed by atoms with Crippen molar-refractivity contribution in [2.75, 3.05) is 6.61 Å². The normalized spacial score (nSPS) is 28.4. The molecule has 2 heteroatoms. The van der Waals surface area contributed by atoms with Crippen molar-refractivity contribution in [1.82, 2.24) is 0 Å². The lowest BCUT2D eigenvalue weighted by atomic mass is 9.89. The number of hydrogen-bond acceptors (Lipinski definition) is 2. The van der Waals surface area contributed by atoms with Gasteiger partial charge in [0.2, 0.25) is 0 Å². The minimum absolute atomic E-state index is 0.00931. The summed E-state index contributed by atoms with van der Waals surface area (Å²) in [7, 11) is 0. The molecule has 2 atom stereocenters.